The number of unbranched alkanes of at least 4 members (excludes halogenated alkanes) is 1. The number of carbonyl (C=O) groups is 1. The Balaban J connectivity index is 1.72. The molecule has 1 aliphatic rings. The average Bonchev–Trinajstić information content (AvgIpc) is 3.06. The summed E-state index contributed by atoms with van der Waals surface area (Å²) in [6.45, 7) is 7.15. The van der Waals surface area contributed by atoms with Crippen LogP contribution in [0.3, 0.4) is 0 Å². The molecule has 0 saturated carbocycles. The first-order chi connectivity index (χ1) is 15.9. The predicted molar refractivity (Wildman–Crippen MR) is 139 cm³/mol. The summed E-state index contributed by atoms with van der Waals surface area (Å²) in [4.78, 5) is 33.3. The zero-order valence-corrected chi connectivity index (χ0v) is 20.6. The van der Waals surface area contributed by atoms with Crippen LogP contribution >= 0.6 is 24.0 Å². The minimum Gasteiger partial charge on any atom is -0.369 e. The lowest BCUT2D eigenvalue weighted by atomic mass is 10.1. The van der Waals surface area contributed by atoms with Crippen LogP contribution in [0.2, 0.25) is 0 Å². The number of amides is 1. The van der Waals surface area contributed by atoms with Crippen LogP contribution in [0.15, 0.2) is 52.3 Å². The SMILES string of the molecule is CCCCNc1nc2c(C)cccn2c(=O)c1C=C1SC(=S)N(Cc2ccc(C)cc2)C1=O. The first-order valence-electron chi connectivity index (χ1n) is 11.0. The van der Waals surface area contributed by atoms with E-state index in [0.717, 1.165) is 29.5 Å². The molecule has 0 atom stereocenters. The maximum atomic E-state index is 13.4. The number of carbonyl (C=O) groups excluding carboxylic acids is 1. The van der Waals surface area contributed by atoms with E-state index < -0.39 is 0 Å². The molecule has 1 aliphatic heterocycles. The minimum absolute atomic E-state index is 0.196. The lowest BCUT2D eigenvalue weighted by Gasteiger charge is -2.14. The van der Waals surface area contributed by atoms with Gasteiger partial charge in [0.05, 0.1) is 17.0 Å². The highest BCUT2D eigenvalue weighted by atomic mass is 32.2. The summed E-state index contributed by atoms with van der Waals surface area (Å²) < 4.78 is 2.01. The van der Waals surface area contributed by atoms with Gasteiger partial charge in [0.25, 0.3) is 11.5 Å². The zero-order valence-electron chi connectivity index (χ0n) is 18.9. The van der Waals surface area contributed by atoms with Gasteiger partial charge >= 0.3 is 0 Å². The predicted octanol–water partition coefficient (Wildman–Crippen LogP) is 4.92. The molecule has 6 nitrogen and oxygen atoms in total. The van der Waals surface area contributed by atoms with Crippen molar-refractivity contribution in [2.24, 2.45) is 0 Å². The Morgan fingerprint density at radius 3 is 2.64 bits per heavy atom. The Labute approximate surface area is 202 Å². The molecule has 0 unspecified atom stereocenters. The molecule has 3 heterocycles. The molecule has 1 saturated heterocycles. The van der Waals surface area contributed by atoms with Gasteiger partial charge in [-0.2, -0.15) is 0 Å². The highest BCUT2D eigenvalue weighted by molar-refractivity contribution is 8.26. The summed E-state index contributed by atoms with van der Waals surface area (Å²) in [6, 6.07) is 11.8. The van der Waals surface area contributed by atoms with Gasteiger partial charge in [-0.3, -0.25) is 18.9 Å². The van der Waals surface area contributed by atoms with Crippen molar-refractivity contribution in [1.82, 2.24) is 14.3 Å². The highest BCUT2D eigenvalue weighted by Gasteiger charge is 2.32. The summed E-state index contributed by atoms with van der Waals surface area (Å²) in [6.07, 6.45) is 5.30. The van der Waals surface area contributed by atoms with E-state index in [1.165, 1.54) is 16.2 Å². The quantitative estimate of drug-likeness (QED) is 0.295. The Kier molecular flexibility index (Phi) is 6.95. The second kappa shape index (κ2) is 9.89. The first kappa shape index (κ1) is 23.2. The van der Waals surface area contributed by atoms with Gasteiger partial charge in [0.1, 0.15) is 15.8 Å². The van der Waals surface area contributed by atoms with Crippen LogP contribution in [0.4, 0.5) is 5.82 Å². The van der Waals surface area contributed by atoms with Crippen LogP contribution in [-0.4, -0.2) is 31.1 Å². The molecular weight excluding hydrogens is 452 g/mol. The summed E-state index contributed by atoms with van der Waals surface area (Å²) in [5.41, 5.74) is 3.82. The highest BCUT2D eigenvalue weighted by Crippen LogP contribution is 2.34. The minimum atomic E-state index is -0.216. The number of thioether (sulfide) groups is 1. The second-order valence-corrected chi connectivity index (χ2v) is 9.77. The number of thiocarbonyl (C=S) groups is 1. The number of fused-ring (bicyclic) bond motifs is 1. The Morgan fingerprint density at radius 2 is 1.91 bits per heavy atom. The molecule has 3 aromatic rings. The number of aromatic nitrogens is 2. The largest absolute Gasteiger partial charge is 0.369 e. The van der Waals surface area contributed by atoms with Gasteiger partial charge in [-0.05, 0) is 43.5 Å². The number of benzene rings is 1. The van der Waals surface area contributed by atoms with Gasteiger partial charge in [0.2, 0.25) is 0 Å². The summed E-state index contributed by atoms with van der Waals surface area (Å²) >= 11 is 6.71. The van der Waals surface area contributed by atoms with Crippen molar-refractivity contribution in [1.29, 1.82) is 0 Å². The van der Waals surface area contributed by atoms with Crippen LogP contribution in [0.1, 0.15) is 42.0 Å². The normalized spacial score (nSPS) is 15.1. The maximum Gasteiger partial charge on any atom is 0.267 e. The number of nitrogens with zero attached hydrogens (tertiary/aromatic N) is 3. The molecule has 0 radical (unpaired) electrons. The molecule has 1 amide bonds. The van der Waals surface area contributed by atoms with E-state index >= 15 is 0 Å². The van der Waals surface area contributed by atoms with Crippen LogP contribution < -0.4 is 10.9 Å². The Bertz CT molecular complexity index is 1310. The van der Waals surface area contributed by atoms with E-state index in [2.05, 4.69) is 12.2 Å². The average molecular weight is 479 g/mol. The molecule has 33 heavy (non-hydrogen) atoms. The maximum absolute atomic E-state index is 13.4. The zero-order chi connectivity index (χ0) is 23.5. The summed E-state index contributed by atoms with van der Waals surface area (Å²) in [5.74, 6) is 0.297. The lowest BCUT2D eigenvalue weighted by molar-refractivity contribution is -0.122. The van der Waals surface area contributed by atoms with Crippen molar-refractivity contribution in [3.05, 3.63) is 80.1 Å². The van der Waals surface area contributed by atoms with Gasteiger partial charge in [0, 0.05) is 12.7 Å². The molecule has 0 aliphatic carbocycles. The standard InChI is InChI=1S/C25H26N4O2S2/c1-4-5-12-26-21-19(23(30)28-13-6-7-17(3)22(28)27-21)14-20-24(31)29(25(32)33-20)15-18-10-8-16(2)9-11-18/h6-11,13-14,26H,4-5,12,15H2,1-3H3. The van der Waals surface area contributed by atoms with Gasteiger partial charge in [-0.25, -0.2) is 4.98 Å². The van der Waals surface area contributed by atoms with Gasteiger partial charge in [-0.15, -0.1) is 0 Å². The third-order valence-corrected chi connectivity index (χ3v) is 6.90. The van der Waals surface area contributed by atoms with Crippen LogP contribution in [-0.2, 0) is 11.3 Å². The number of rotatable bonds is 7. The van der Waals surface area contributed by atoms with Crippen molar-refractivity contribution in [3.8, 4) is 0 Å². The van der Waals surface area contributed by atoms with E-state index in [4.69, 9.17) is 17.2 Å². The number of hydrogen-bond acceptors (Lipinski definition) is 6. The van der Waals surface area contributed by atoms with E-state index in [9.17, 15) is 9.59 Å². The lowest BCUT2D eigenvalue weighted by Crippen LogP contribution is -2.27. The van der Waals surface area contributed by atoms with Crippen molar-refractivity contribution in [3.63, 3.8) is 0 Å². The van der Waals surface area contributed by atoms with Crippen molar-refractivity contribution < 1.29 is 4.79 Å². The van der Waals surface area contributed by atoms with Gasteiger partial charge < -0.3 is 5.32 Å². The smallest absolute Gasteiger partial charge is 0.267 e. The van der Waals surface area contributed by atoms with E-state index in [1.807, 2.05) is 50.2 Å². The number of pyridine rings is 1. The fourth-order valence-electron chi connectivity index (χ4n) is 3.60. The fourth-order valence-corrected chi connectivity index (χ4v) is 4.84. The van der Waals surface area contributed by atoms with E-state index in [-0.39, 0.29) is 11.5 Å². The van der Waals surface area contributed by atoms with Gasteiger partial charge in [-0.1, -0.05) is 73.2 Å². The molecule has 1 fully saturated rings. The molecule has 0 bridgehead atoms. The topological polar surface area (TPSA) is 66.7 Å². The monoisotopic (exact) mass is 478 g/mol. The molecule has 2 aromatic heterocycles. The molecule has 8 heteroatoms. The molecular formula is C25H26N4O2S2. The van der Waals surface area contributed by atoms with Crippen LogP contribution in [0.5, 0.6) is 0 Å². The van der Waals surface area contributed by atoms with E-state index in [0.29, 0.717) is 39.3 Å². The third-order valence-electron chi connectivity index (χ3n) is 5.52. The third kappa shape index (κ3) is 4.86. The molecule has 4 rings (SSSR count). The summed E-state index contributed by atoms with van der Waals surface area (Å²) in [7, 11) is 0. The van der Waals surface area contributed by atoms with Crippen molar-refractivity contribution in [2.75, 3.05) is 11.9 Å². The molecule has 170 valence electrons. The number of aryl methyl sites for hydroxylation is 2. The summed E-state index contributed by atoms with van der Waals surface area (Å²) in [5, 5.41) is 3.29. The van der Waals surface area contributed by atoms with Crippen LogP contribution in [0, 0.1) is 13.8 Å². The first-order valence-corrected chi connectivity index (χ1v) is 12.2. The number of anilines is 1. The molecule has 1 N–H and O–H groups in total. The van der Waals surface area contributed by atoms with Crippen LogP contribution in [0.25, 0.3) is 11.7 Å². The fraction of sp³-hybridized carbons (Fsp3) is 0.280. The van der Waals surface area contributed by atoms with E-state index in [1.54, 1.807) is 17.2 Å². The van der Waals surface area contributed by atoms with Gasteiger partial charge in [0.15, 0.2) is 0 Å². The number of hydrogen-bond donors (Lipinski definition) is 1. The molecule has 0 spiro atoms. The van der Waals surface area contributed by atoms with Crippen molar-refractivity contribution in [2.45, 2.75) is 40.2 Å². The molecule has 1 aromatic carbocycles. The second-order valence-electron chi connectivity index (χ2n) is 8.10. The number of nitrogens with one attached hydrogen (secondary N) is 1. The van der Waals surface area contributed by atoms with Crippen molar-refractivity contribution >= 4 is 51.7 Å². The Morgan fingerprint density at radius 1 is 1.15 bits per heavy atom. The Hall–Kier alpha value is -2.97.